The fourth-order valence-electron chi connectivity index (χ4n) is 3.85. The normalized spacial score (nSPS) is 26.1. The number of phenolic OH excluding ortho intramolecular Hbond substituents is 1. The highest BCUT2D eigenvalue weighted by Crippen LogP contribution is 2.36. The molecule has 3 nitrogen and oxygen atoms in total. The van der Waals surface area contributed by atoms with Gasteiger partial charge in [-0.2, -0.15) is 0 Å². The summed E-state index contributed by atoms with van der Waals surface area (Å²) in [5, 5.41) is 9.98. The van der Waals surface area contributed by atoms with Crippen molar-refractivity contribution in [2.75, 3.05) is 6.54 Å². The van der Waals surface area contributed by atoms with Gasteiger partial charge in [-0.15, -0.1) is 0 Å². The van der Waals surface area contributed by atoms with E-state index in [1.54, 1.807) is 6.07 Å². The number of fused-ring (bicyclic) bond motifs is 1. The monoisotopic (exact) mass is 273 g/mol. The first-order chi connectivity index (χ1) is 9.66. The Morgan fingerprint density at radius 3 is 2.80 bits per heavy atom. The maximum Gasteiger partial charge on any atom is 0.257 e. The molecule has 1 aromatic rings. The largest absolute Gasteiger partial charge is 0.507 e. The Kier molecular flexibility index (Phi) is 3.68. The zero-order valence-corrected chi connectivity index (χ0v) is 12.1. The molecule has 2 atom stereocenters. The van der Waals surface area contributed by atoms with Crippen molar-refractivity contribution in [3.8, 4) is 5.75 Å². The van der Waals surface area contributed by atoms with Crippen LogP contribution in [0, 0.1) is 12.8 Å². The molecule has 1 aliphatic heterocycles. The van der Waals surface area contributed by atoms with Crippen LogP contribution in [-0.2, 0) is 0 Å². The predicted molar refractivity (Wildman–Crippen MR) is 78.9 cm³/mol. The summed E-state index contributed by atoms with van der Waals surface area (Å²) in [5.74, 6) is 0.801. The first kappa shape index (κ1) is 13.5. The molecule has 0 spiro atoms. The topological polar surface area (TPSA) is 40.5 Å². The highest BCUT2D eigenvalue weighted by atomic mass is 16.3. The molecule has 0 bridgehead atoms. The number of nitrogens with zero attached hydrogens (tertiary/aromatic N) is 1. The lowest BCUT2D eigenvalue weighted by Crippen LogP contribution is -2.49. The number of carbonyl (C=O) groups is 1. The summed E-state index contributed by atoms with van der Waals surface area (Å²) in [6, 6.07) is 5.67. The van der Waals surface area contributed by atoms with Gasteiger partial charge < -0.3 is 10.0 Å². The predicted octanol–water partition coefficient (Wildman–Crippen LogP) is 3.50. The number of aromatic hydroxyl groups is 1. The lowest BCUT2D eigenvalue weighted by Gasteiger charge is -2.44. The van der Waals surface area contributed by atoms with Crippen molar-refractivity contribution in [1.29, 1.82) is 0 Å². The number of benzene rings is 1. The average molecular weight is 273 g/mol. The maximum absolute atomic E-state index is 12.8. The van der Waals surface area contributed by atoms with Crippen LogP contribution >= 0.6 is 0 Å². The van der Waals surface area contributed by atoms with Gasteiger partial charge in [-0.3, -0.25) is 4.79 Å². The molecule has 0 radical (unpaired) electrons. The van der Waals surface area contributed by atoms with Crippen molar-refractivity contribution in [3.63, 3.8) is 0 Å². The van der Waals surface area contributed by atoms with Crippen molar-refractivity contribution < 1.29 is 9.90 Å². The van der Waals surface area contributed by atoms with Crippen LogP contribution in [0.25, 0.3) is 0 Å². The van der Waals surface area contributed by atoms with Crippen molar-refractivity contribution in [2.45, 2.75) is 51.5 Å². The standard InChI is InChI=1S/C17H23NO2/c1-12-8-9-16(19)14(11-12)17(20)18-10-4-6-13-5-2-3-7-15(13)18/h8-9,11,13,15,19H,2-7,10H2,1H3. The van der Waals surface area contributed by atoms with Crippen LogP contribution in [0.1, 0.15) is 54.4 Å². The van der Waals surface area contributed by atoms with E-state index in [4.69, 9.17) is 0 Å². The molecule has 20 heavy (non-hydrogen) atoms. The molecule has 1 aliphatic carbocycles. The van der Waals surface area contributed by atoms with Crippen LogP contribution in [-0.4, -0.2) is 28.5 Å². The zero-order chi connectivity index (χ0) is 14.1. The lowest BCUT2D eigenvalue weighted by molar-refractivity contribution is 0.0388. The number of aryl methyl sites for hydroxylation is 1. The van der Waals surface area contributed by atoms with Gasteiger partial charge in [0.15, 0.2) is 0 Å². The molecule has 108 valence electrons. The second-order valence-corrected chi connectivity index (χ2v) is 6.27. The summed E-state index contributed by atoms with van der Waals surface area (Å²) in [6.45, 7) is 2.79. The second kappa shape index (κ2) is 5.47. The van der Waals surface area contributed by atoms with E-state index < -0.39 is 0 Å². The van der Waals surface area contributed by atoms with E-state index in [1.807, 2.05) is 24.0 Å². The Morgan fingerprint density at radius 2 is 1.95 bits per heavy atom. The van der Waals surface area contributed by atoms with Gasteiger partial charge >= 0.3 is 0 Å². The van der Waals surface area contributed by atoms with Crippen molar-refractivity contribution in [2.24, 2.45) is 5.92 Å². The first-order valence-corrected chi connectivity index (χ1v) is 7.77. The molecule has 3 rings (SSSR count). The molecule has 1 amide bonds. The Bertz CT molecular complexity index is 510. The van der Waals surface area contributed by atoms with E-state index in [0.717, 1.165) is 24.9 Å². The zero-order valence-electron chi connectivity index (χ0n) is 12.1. The average Bonchev–Trinajstić information content (AvgIpc) is 2.48. The van der Waals surface area contributed by atoms with Gasteiger partial charge in [-0.1, -0.05) is 24.5 Å². The highest BCUT2D eigenvalue weighted by molar-refractivity contribution is 5.97. The van der Waals surface area contributed by atoms with Crippen LogP contribution in [0.5, 0.6) is 5.75 Å². The Balaban J connectivity index is 1.87. The molecule has 3 heteroatoms. The summed E-state index contributed by atoms with van der Waals surface area (Å²) in [7, 11) is 0. The van der Waals surface area contributed by atoms with E-state index in [-0.39, 0.29) is 11.7 Å². The third-order valence-corrected chi connectivity index (χ3v) is 4.89. The van der Waals surface area contributed by atoms with E-state index >= 15 is 0 Å². The van der Waals surface area contributed by atoms with Crippen molar-refractivity contribution in [3.05, 3.63) is 29.3 Å². The Hall–Kier alpha value is -1.51. The number of carbonyl (C=O) groups excluding carboxylic acids is 1. The van der Waals surface area contributed by atoms with E-state index in [9.17, 15) is 9.90 Å². The molecule has 1 heterocycles. The molecular formula is C17H23NO2. The number of phenols is 1. The van der Waals surface area contributed by atoms with Gasteiger partial charge in [0, 0.05) is 12.6 Å². The first-order valence-electron chi connectivity index (χ1n) is 7.77. The van der Waals surface area contributed by atoms with Crippen LogP contribution < -0.4 is 0 Å². The molecule has 1 saturated heterocycles. The quantitative estimate of drug-likeness (QED) is 0.850. The SMILES string of the molecule is Cc1ccc(O)c(C(=O)N2CCCC3CCCCC32)c1. The lowest BCUT2D eigenvalue weighted by atomic mass is 9.78. The van der Waals surface area contributed by atoms with Crippen LogP contribution in [0.2, 0.25) is 0 Å². The molecule has 0 aromatic heterocycles. The number of piperidine rings is 1. The number of likely N-dealkylation sites (tertiary alicyclic amines) is 1. The number of amides is 1. The summed E-state index contributed by atoms with van der Waals surface area (Å²) in [6.07, 6.45) is 7.27. The highest BCUT2D eigenvalue weighted by Gasteiger charge is 2.36. The van der Waals surface area contributed by atoms with Gasteiger partial charge in [0.25, 0.3) is 5.91 Å². The summed E-state index contributed by atoms with van der Waals surface area (Å²) >= 11 is 0. The summed E-state index contributed by atoms with van der Waals surface area (Å²) < 4.78 is 0. The molecular weight excluding hydrogens is 250 g/mol. The summed E-state index contributed by atoms with van der Waals surface area (Å²) in [5.41, 5.74) is 1.49. The molecule has 1 saturated carbocycles. The molecule has 2 unspecified atom stereocenters. The van der Waals surface area contributed by atoms with Crippen molar-refractivity contribution >= 4 is 5.91 Å². The van der Waals surface area contributed by atoms with Gasteiger partial charge in [-0.05, 0) is 50.7 Å². The van der Waals surface area contributed by atoms with Gasteiger partial charge in [0.05, 0.1) is 5.56 Å². The molecule has 1 aromatic carbocycles. The maximum atomic E-state index is 12.8. The number of rotatable bonds is 1. The third-order valence-electron chi connectivity index (χ3n) is 4.89. The number of hydrogen-bond acceptors (Lipinski definition) is 2. The van der Waals surface area contributed by atoms with Gasteiger partial charge in [0.2, 0.25) is 0 Å². The van der Waals surface area contributed by atoms with Crippen LogP contribution in [0.3, 0.4) is 0 Å². The third kappa shape index (κ3) is 2.41. The van der Waals surface area contributed by atoms with E-state index in [1.165, 1.54) is 25.7 Å². The van der Waals surface area contributed by atoms with Crippen molar-refractivity contribution in [1.82, 2.24) is 4.90 Å². The minimum Gasteiger partial charge on any atom is -0.507 e. The smallest absolute Gasteiger partial charge is 0.257 e. The minimum atomic E-state index is 0.0165. The van der Waals surface area contributed by atoms with Gasteiger partial charge in [-0.25, -0.2) is 0 Å². The van der Waals surface area contributed by atoms with Gasteiger partial charge in [0.1, 0.15) is 5.75 Å². The summed E-state index contributed by atoms with van der Waals surface area (Å²) in [4.78, 5) is 14.8. The van der Waals surface area contributed by atoms with Crippen LogP contribution in [0.15, 0.2) is 18.2 Å². The Labute approximate surface area is 120 Å². The van der Waals surface area contributed by atoms with E-state index in [0.29, 0.717) is 17.5 Å². The van der Waals surface area contributed by atoms with Crippen LogP contribution in [0.4, 0.5) is 0 Å². The fourth-order valence-corrected chi connectivity index (χ4v) is 3.85. The molecule has 1 N–H and O–H groups in total. The van der Waals surface area contributed by atoms with E-state index in [2.05, 4.69) is 0 Å². The fraction of sp³-hybridized carbons (Fsp3) is 0.588. The number of hydrogen-bond donors (Lipinski definition) is 1. The minimum absolute atomic E-state index is 0.0165. The Morgan fingerprint density at radius 1 is 1.20 bits per heavy atom. The second-order valence-electron chi connectivity index (χ2n) is 6.27. The molecule has 2 fully saturated rings. The molecule has 2 aliphatic rings.